The fourth-order valence-corrected chi connectivity index (χ4v) is 5.28. The lowest BCUT2D eigenvalue weighted by Gasteiger charge is -2.39. The SMILES string of the molecule is C=C(CO)C(=O)OCC(COC(=O)C(=C)COC)C1CCC(C2CCC(CCCCC)CO2)CC1. The van der Waals surface area contributed by atoms with Gasteiger partial charge >= 0.3 is 11.9 Å². The molecule has 3 unspecified atom stereocenters. The summed E-state index contributed by atoms with van der Waals surface area (Å²) < 4.78 is 22.1. The molecule has 0 aromatic heterocycles. The fraction of sp³-hybridized carbons (Fsp3) is 0.786. The van der Waals surface area contributed by atoms with Crippen molar-refractivity contribution in [2.75, 3.05) is 40.1 Å². The molecule has 0 amide bonds. The van der Waals surface area contributed by atoms with Gasteiger partial charge in [0.25, 0.3) is 0 Å². The number of aliphatic hydroxyl groups is 1. The fourth-order valence-electron chi connectivity index (χ4n) is 5.28. The van der Waals surface area contributed by atoms with E-state index < -0.39 is 18.5 Å². The number of carbonyl (C=O) groups is 2. The first-order valence-electron chi connectivity index (χ1n) is 13.3. The molecule has 1 aliphatic carbocycles. The monoisotopic (exact) mass is 494 g/mol. The van der Waals surface area contributed by atoms with Crippen LogP contribution in [0.15, 0.2) is 24.3 Å². The van der Waals surface area contributed by atoms with Gasteiger partial charge in [-0.25, -0.2) is 9.59 Å². The lowest BCUT2D eigenvalue weighted by atomic mass is 9.73. The normalized spacial score (nSPS) is 25.5. The molecule has 200 valence electrons. The van der Waals surface area contributed by atoms with Gasteiger partial charge in [-0.05, 0) is 62.7 Å². The first-order chi connectivity index (χ1) is 16.9. The van der Waals surface area contributed by atoms with E-state index >= 15 is 0 Å². The number of methoxy groups -OCH3 is 1. The highest BCUT2D eigenvalue weighted by atomic mass is 16.5. The molecular formula is C28H46O7. The molecule has 0 aromatic rings. The maximum absolute atomic E-state index is 12.2. The van der Waals surface area contributed by atoms with E-state index in [1.54, 1.807) is 0 Å². The van der Waals surface area contributed by atoms with Gasteiger partial charge < -0.3 is 24.1 Å². The topological polar surface area (TPSA) is 91.3 Å². The maximum atomic E-state index is 12.2. The van der Waals surface area contributed by atoms with Gasteiger partial charge in [0.15, 0.2) is 0 Å². The van der Waals surface area contributed by atoms with Crippen LogP contribution in [0.4, 0.5) is 0 Å². The second-order valence-electron chi connectivity index (χ2n) is 10.2. The van der Waals surface area contributed by atoms with E-state index in [0.29, 0.717) is 17.9 Å². The molecule has 0 spiro atoms. The zero-order valence-electron chi connectivity index (χ0n) is 21.8. The van der Waals surface area contributed by atoms with E-state index in [4.69, 9.17) is 24.1 Å². The Labute approximate surface area is 211 Å². The van der Waals surface area contributed by atoms with Gasteiger partial charge in [-0.15, -0.1) is 0 Å². The minimum absolute atomic E-state index is 0.0142. The summed E-state index contributed by atoms with van der Waals surface area (Å²) in [5.41, 5.74) is 0.267. The molecule has 2 aliphatic rings. The van der Waals surface area contributed by atoms with E-state index in [0.717, 1.165) is 38.7 Å². The van der Waals surface area contributed by atoms with Crippen LogP contribution in [-0.4, -0.2) is 63.3 Å². The lowest BCUT2D eigenvalue weighted by Crippen LogP contribution is -2.36. The van der Waals surface area contributed by atoms with E-state index in [2.05, 4.69) is 20.1 Å². The van der Waals surface area contributed by atoms with E-state index in [9.17, 15) is 9.59 Å². The Morgan fingerprint density at radius 2 is 1.63 bits per heavy atom. The smallest absolute Gasteiger partial charge is 0.335 e. The quantitative estimate of drug-likeness (QED) is 0.202. The molecule has 2 rings (SSSR count). The van der Waals surface area contributed by atoms with Crippen LogP contribution in [0.25, 0.3) is 0 Å². The Bertz CT molecular complexity index is 673. The van der Waals surface area contributed by atoms with Crippen LogP contribution in [0.5, 0.6) is 0 Å². The van der Waals surface area contributed by atoms with Crippen molar-refractivity contribution < 1.29 is 33.6 Å². The van der Waals surface area contributed by atoms with Crippen LogP contribution < -0.4 is 0 Å². The third-order valence-electron chi connectivity index (χ3n) is 7.57. The largest absolute Gasteiger partial charge is 0.462 e. The molecule has 0 aromatic carbocycles. The van der Waals surface area contributed by atoms with Crippen molar-refractivity contribution in [3.05, 3.63) is 24.3 Å². The summed E-state index contributed by atoms with van der Waals surface area (Å²) in [6.45, 7) is 10.3. The summed E-state index contributed by atoms with van der Waals surface area (Å²) in [7, 11) is 1.50. The van der Waals surface area contributed by atoms with Crippen LogP contribution in [0.2, 0.25) is 0 Å². The molecule has 3 atom stereocenters. The van der Waals surface area contributed by atoms with Gasteiger partial charge in [0.1, 0.15) is 0 Å². The van der Waals surface area contributed by atoms with Crippen LogP contribution in [0, 0.1) is 23.7 Å². The first-order valence-corrected chi connectivity index (χ1v) is 13.3. The molecule has 0 bridgehead atoms. The molecular weight excluding hydrogens is 448 g/mol. The third kappa shape index (κ3) is 10.1. The molecule has 1 saturated carbocycles. The Morgan fingerprint density at radius 3 is 2.17 bits per heavy atom. The highest BCUT2D eigenvalue weighted by molar-refractivity contribution is 5.88. The van der Waals surface area contributed by atoms with Crippen molar-refractivity contribution in [2.24, 2.45) is 23.7 Å². The van der Waals surface area contributed by atoms with Crippen LogP contribution in [0.3, 0.4) is 0 Å². The number of hydrogen-bond acceptors (Lipinski definition) is 7. The van der Waals surface area contributed by atoms with Crippen LogP contribution in [-0.2, 0) is 28.5 Å². The highest BCUT2D eigenvalue weighted by Crippen LogP contribution is 2.39. The van der Waals surface area contributed by atoms with Gasteiger partial charge in [0.05, 0.1) is 43.7 Å². The molecule has 1 aliphatic heterocycles. The molecule has 35 heavy (non-hydrogen) atoms. The number of hydrogen-bond donors (Lipinski definition) is 1. The molecule has 1 saturated heterocycles. The van der Waals surface area contributed by atoms with Crippen molar-refractivity contribution in [3.8, 4) is 0 Å². The third-order valence-corrected chi connectivity index (χ3v) is 7.57. The highest BCUT2D eigenvalue weighted by Gasteiger charge is 2.35. The average Bonchev–Trinajstić information content (AvgIpc) is 2.88. The van der Waals surface area contributed by atoms with E-state index in [-0.39, 0.29) is 42.8 Å². The Hall–Kier alpha value is -1.70. The predicted octanol–water partition coefficient (Wildman–Crippen LogP) is 4.62. The number of carbonyl (C=O) groups excluding carboxylic acids is 2. The van der Waals surface area contributed by atoms with Gasteiger partial charge in [-0.3, -0.25) is 0 Å². The molecule has 2 fully saturated rings. The van der Waals surface area contributed by atoms with Gasteiger partial charge in [0, 0.05) is 19.6 Å². The Balaban J connectivity index is 1.85. The number of aliphatic hydroxyl groups excluding tert-OH is 1. The second-order valence-corrected chi connectivity index (χ2v) is 10.2. The summed E-state index contributed by atoms with van der Waals surface area (Å²) in [6, 6.07) is 0. The predicted molar refractivity (Wildman–Crippen MR) is 135 cm³/mol. The molecule has 1 N–H and O–H groups in total. The van der Waals surface area contributed by atoms with E-state index in [1.807, 2.05) is 0 Å². The number of ether oxygens (including phenoxy) is 4. The van der Waals surface area contributed by atoms with Crippen molar-refractivity contribution >= 4 is 11.9 Å². The van der Waals surface area contributed by atoms with Crippen molar-refractivity contribution in [2.45, 2.75) is 77.2 Å². The van der Waals surface area contributed by atoms with Crippen LogP contribution >= 0.6 is 0 Å². The second kappa shape index (κ2) is 16.1. The van der Waals surface area contributed by atoms with Crippen LogP contribution in [0.1, 0.15) is 71.1 Å². The van der Waals surface area contributed by atoms with Gasteiger partial charge in [0.2, 0.25) is 0 Å². The average molecular weight is 495 g/mol. The number of rotatable bonds is 15. The van der Waals surface area contributed by atoms with Crippen molar-refractivity contribution in [1.29, 1.82) is 0 Å². The summed E-state index contributed by atoms with van der Waals surface area (Å²) in [6.07, 6.45) is 12.0. The summed E-state index contributed by atoms with van der Waals surface area (Å²) in [4.78, 5) is 24.2. The number of unbranched alkanes of at least 4 members (excludes halogenated alkanes) is 2. The zero-order chi connectivity index (χ0) is 25.6. The number of esters is 2. The van der Waals surface area contributed by atoms with Crippen molar-refractivity contribution in [1.82, 2.24) is 0 Å². The maximum Gasteiger partial charge on any atom is 0.335 e. The van der Waals surface area contributed by atoms with E-state index in [1.165, 1.54) is 39.2 Å². The Morgan fingerprint density at radius 1 is 0.971 bits per heavy atom. The standard InChI is InChI=1S/C28H46O7/c1-5-6-7-8-22-9-14-26(33-17-22)24-12-10-23(11-13-24)25(18-34-27(30)20(2)15-29)19-35-28(31)21(3)16-32-4/h22-26,29H,2-3,5-19H2,1,4H3. The minimum atomic E-state index is -0.620. The van der Waals surface area contributed by atoms with Gasteiger partial charge in [-0.1, -0.05) is 39.3 Å². The summed E-state index contributed by atoms with van der Waals surface area (Å²) in [5, 5.41) is 9.13. The van der Waals surface area contributed by atoms with Crippen molar-refractivity contribution in [3.63, 3.8) is 0 Å². The molecule has 7 heteroatoms. The molecule has 0 radical (unpaired) electrons. The first kappa shape index (κ1) is 29.5. The molecule has 7 nitrogen and oxygen atoms in total. The lowest BCUT2D eigenvalue weighted by molar-refractivity contribution is -0.146. The summed E-state index contributed by atoms with van der Waals surface area (Å²) >= 11 is 0. The summed E-state index contributed by atoms with van der Waals surface area (Å²) in [5.74, 6) is 0.302. The Kier molecular flexibility index (Phi) is 13.6. The molecule has 1 heterocycles. The minimum Gasteiger partial charge on any atom is -0.462 e. The van der Waals surface area contributed by atoms with Gasteiger partial charge in [-0.2, -0.15) is 0 Å². The zero-order valence-corrected chi connectivity index (χ0v) is 21.8.